The second-order valence-corrected chi connectivity index (χ2v) is 8.91. The lowest BCUT2D eigenvalue weighted by molar-refractivity contribution is 0.321. The van der Waals surface area contributed by atoms with Crippen molar-refractivity contribution in [1.82, 2.24) is 0 Å². The summed E-state index contributed by atoms with van der Waals surface area (Å²) >= 11 is 0. The van der Waals surface area contributed by atoms with Gasteiger partial charge in [-0.1, -0.05) is 142 Å². The normalized spacial score (nSPS) is 11.9. The molecular weight excluding hydrogens is 384 g/mol. The van der Waals surface area contributed by atoms with Gasteiger partial charge in [-0.25, -0.2) is 0 Å². The molecule has 0 atom stereocenters. The molecule has 162 valence electrons. The van der Waals surface area contributed by atoms with Crippen molar-refractivity contribution in [2.45, 2.75) is 50.4 Å². The molecule has 0 spiro atoms. The molecule has 4 aromatic rings. The maximum Gasteiger partial charge on any atom is 0.0214 e. The van der Waals surface area contributed by atoms with Crippen LogP contribution in [0.3, 0.4) is 0 Å². The van der Waals surface area contributed by atoms with Crippen LogP contribution >= 0.6 is 0 Å². The van der Waals surface area contributed by atoms with E-state index in [9.17, 15) is 0 Å². The number of hydrogen-bond donors (Lipinski definition) is 0. The average molecular weight is 419 g/mol. The second-order valence-electron chi connectivity index (χ2n) is 8.91. The summed E-state index contributed by atoms with van der Waals surface area (Å²) in [5, 5.41) is 0. The van der Waals surface area contributed by atoms with Crippen molar-refractivity contribution in [2.24, 2.45) is 0 Å². The van der Waals surface area contributed by atoms with Crippen molar-refractivity contribution in [3.63, 3.8) is 0 Å². The topological polar surface area (TPSA) is 0 Å². The summed E-state index contributed by atoms with van der Waals surface area (Å²) in [6.45, 7) is 4.67. The Morgan fingerprint density at radius 3 is 1.03 bits per heavy atom. The first-order valence-corrected chi connectivity index (χ1v) is 12.0. The Bertz CT molecular complexity index is 987. The fraction of sp³-hybridized carbons (Fsp3) is 0.250. The zero-order valence-electron chi connectivity index (χ0n) is 19.4. The lowest BCUT2D eigenvalue weighted by atomic mass is 9.58. The molecule has 0 amide bonds. The van der Waals surface area contributed by atoms with E-state index in [0.29, 0.717) is 0 Å². The summed E-state index contributed by atoms with van der Waals surface area (Å²) in [5.74, 6) is 0. The quantitative estimate of drug-likeness (QED) is 0.255. The van der Waals surface area contributed by atoms with Gasteiger partial charge in [0.15, 0.2) is 0 Å². The summed E-state index contributed by atoms with van der Waals surface area (Å²) in [6, 6.07) is 44.7. The van der Waals surface area contributed by atoms with Crippen LogP contribution in [0, 0.1) is 0 Å². The smallest absolute Gasteiger partial charge is 0.0214 e. The number of hydrogen-bond acceptors (Lipinski definition) is 0. The van der Waals surface area contributed by atoms with Gasteiger partial charge in [-0.2, -0.15) is 0 Å². The van der Waals surface area contributed by atoms with Crippen molar-refractivity contribution >= 4 is 0 Å². The summed E-state index contributed by atoms with van der Waals surface area (Å²) in [5.41, 5.74) is 5.49. The van der Waals surface area contributed by atoms with Crippen LogP contribution in [0.15, 0.2) is 121 Å². The molecule has 0 fully saturated rings. The first-order valence-electron chi connectivity index (χ1n) is 12.0. The highest BCUT2D eigenvalue weighted by Gasteiger charge is 2.44. The van der Waals surface area contributed by atoms with Crippen molar-refractivity contribution in [3.8, 4) is 0 Å². The first kappa shape index (κ1) is 22.1. The first-order chi connectivity index (χ1) is 15.7. The maximum absolute atomic E-state index is 2.35. The molecule has 0 radical (unpaired) electrons. The highest BCUT2D eigenvalue weighted by Crippen LogP contribution is 2.50. The Labute approximate surface area is 194 Å². The highest BCUT2D eigenvalue weighted by atomic mass is 14.5. The summed E-state index contributed by atoms with van der Waals surface area (Å²) < 4.78 is 0. The number of benzene rings is 4. The van der Waals surface area contributed by atoms with Crippen molar-refractivity contribution in [3.05, 3.63) is 144 Å². The molecule has 0 heteroatoms. The van der Waals surface area contributed by atoms with E-state index >= 15 is 0 Å². The van der Waals surface area contributed by atoms with E-state index in [1.54, 1.807) is 0 Å². The zero-order chi connectivity index (χ0) is 22.3. The molecule has 0 aliphatic heterocycles. The van der Waals surface area contributed by atoms with Crippen LogP contribution in [-0.2, 0) is 10.8 Å². The molecule has 0 nitrogen and oxygen atoms in total. The van der Waals surface area contributed by atoms with Gasteiger partial charge in [-0.15, -0.1) is 0 Å². The fourth-order valence-electron chi connectivity index (χ4n) is 5.62. The van der Waals surface area contributed by atoms with Crippen molar-refractivity contribution in [1.29, 1.82) is 0 Å². The van der Waals surface area contributed by atoms with Crippen LogP contribution in [0.5, 0.6) is 0 Å². The van der Waals surface area contributed by atoms with Gasteiger partial charge in [-0.3, -0.25) is 0 Å². The summed E-state index contributed by atoms with van der Waals surface area (Å²) in [6.07, 6.45) is 4.33. The lowest BCUT2D eigenvalue weighted by Gasteiger charge is -2.45. The third-order valence-corrected chi connectivity index (χ3v) is 7.19. The Morgan fingerprint density at radius 2 is 0.750 bits per heavy atom. The van der Waals surface area contributed by atoms with Gasteiger partial charge in [0.2, 0.25) is 0 Å². The monoisotopic (exact) mass is 418 g/mol. The minimum atomic E-state index is -0.0800. The van der Waals surface area contributed by atoms with Crippen LogP contribution in [0.1, 0.15) is 61.8 Å². The SMILES string of the molecule is CCCC(CC(CC)(c1ccccc1)c1ccccc1)(c1ccccc1)c1ccccc1. The standard InChI is InChI=1S/C32H34/c1-3-25-32(29-21-13-7-14-22-29,30-23-15-8-16-24-30)26-31(4-2,27-17-9-5-10-18-27)28-19-11-6-12-20-28/h5-24H,3-4,25-26H2,1-2H3. The largest absolute Gasteiger partial charge is 0.0653 e. The Morgan fingerprint density at radius 1 is 0.438 bits per heavy atom. The van der Waals surface area contributed by atoms with E-state index in [-0.39, 0.29) is 10.8 Å². The van der Waals surface area contributed by atoms with E-state index in [0.717, 1.165) is 25.7 Å². The van der Waals surface area contributed by atoms with E-state index in [2.05, 4.69) is 135 Å². The van der Waals surface area contributed by atoms with E-state index in [1.807, 2.05) is 0 Å². The molecule has 0 saturated carbocycles. The second kappa shape index (κ2) is 10.0. The Hall–Kier alpha value is -3.12. The van der Waals surface area contributed by atoms with Gasteiger partial charge in [0.25, 0.3) is 0 Å². The minimum absolute atomic E-state index is 0.0705. The number of rotatable bonds is 9. The third kappa shape index (κ3) is 4.15. The summed E-state index contributed by atoms with van der Waals surface area (Å²) in [7, 11) is 0. The molecule has 0 bridgehead atoms. The average Bonchev–Trinajstić information content (AvgIpc) is 2.89. The van der Waals surface area contributed by atoms with E-state index < -0.39 is 0 Å². The molecule has 0 aromatic heterocycles. The van der Waals surface area contributed by atoms with E-state index in [4.69, 9.17) is 0 Å². The highest BCUT2D eigenvalue weighted by molar-refractivity contribution is 5.46. The predicted octanol–water partition coefficient (Wildman–Crippen LogP) is 8.56. The van der Waals surface area contributed by atoms with Crippen LogP contribution in [0.4, 0.5) is 0 Å². The van der Waals surface area contributed by atoms with Gasteiger partial charge in [0, 0.05) is 10.8 Å². The molecular formula is C32H34. The molecule has 0 aliphatic carbocycles. The fourth-order valence-corrected chi connectivity index (χ4v) is 5.62. The third-order valence-electron chi connectivity index (χ3n) is 7.19. The summed E-state index contributed by atoms with van der Waals surface area (Å²) in [4.78, 5) is 0. The molecule has 32 heavy (non-hydrogen) atoms. The van der Waals surface area contributed by atoms with Gasteiger partial charge >= 0.3 is 0 Å². The lowest BCUT2D eigenvalue weighted by Crippen LogP contribution is -2.39. The van der Waals surface area contributed by atoms with Crippen molar-refractivity contribution in [2.75, 3.05) is 0 Å². The van der Waals surface area contributed by atoms with Crippen LogP contribution in [-0.4, -0.2) is 0 Å². The van der Waals surface area contributed by atoms with Gasteiger partial charge in [0.1, 0.15) is 0 Å². The molecule has 4 aromatic carbocycles. The molecule has 4 rings (SSSR count). The molecule has 0 saturated heterocycles. The van der Waals surface area contributed by atoms with Crippen LogP contribution in [0.25, 0.3) is 0 Å². The van der Waals surface area contributed by atoms with Crippen LogP contribution < -0.4 is 0 Å². The van der Waals surface area contributed by atoms with Gasteiger partial charge < -0.3 is 0 Å². The molecule has 0 N–H and O–H groups in total. The minimum Gasteiger partial charge on any atom is -0.0653 e. The van der Waals surface area contributed by atoms with Gasteiger partial charge in [0.05, 0.1) is 0 Å². The van der Waals surface area contributed by atoms with Crippen LogP contribution in [0.2, 0.25) is 0 Å². The van der Waals surface area contributed by atoms with Crippen molar-refractivity contribution < 1.29 is 0 Å². The Kier molecular flexibility index (Phi) is 6.90. The maximum atomic E-state index is 2.35. The molecule has 0 heterocycles. The zero-order valence-corrected chi connectivity index (χ0v) is 19.4. The van der Waals surface area contributed by atoms with Gasteiger partial charge in [-0.05, 0) is 41.5 Å². The molecule has 0 unspecified atom stereocenters. The predicted molar refractivity (Wildman–Crippen MR) is 137 cm³/mol. The van der Waals surface area contributed by atoms with E-state index in [1.165, 1.54) is 22.3 Å². The Balaban J connectivity index is 1.99. The molecule has 0 aliphatic rings.